The third-order valence-corrected chi connectivity index (χ3v) is 5.66. The Balaban J connectivity index is 1.63. The molecule has 0 spiro atoms. The molecule has 1 atom stereocenters. The summed E-state index contributed by atoms with van der Waals surface area (Å²) in [4.78, 5) is 30.1. The Morgan fingerprint density at radius 1 is 1.30 bits per heavy atom. The van der Waals surface area contributed by atoms with Crippen LogP contribution in [-0.2, 0) is 11.3 Å². The number of pyridine rings is 2. The van der Waals surface area contributed by atoms with Crippen LogP contribution in [0.15, 0.2) is 47.4 Å². The quantitative estimate of drug-likeness (QED) is 0.555. The standard InChI is InChI=1S/C22H19FN4O3/c1-12-7-15-14(9-16(12)23)20-18(24-21(15)28)10-30-11-19(20)26(2)22(29)17-8-13-5-3-4-6-27(13)25-17/h3-9,19H,10-11H2,1-2H3,(H,24,28). The number of aromatic nitrogens is 3. The number of hydrogen-bond donors (Lipinski definition) is 1. The molecule has 3 aromatic heterocycles. The molecule has 0 bridgehead atoms. The van der Waals surface area contributed by atoms with Crippen molar-refractivity contribution in [3.63, 3.8) is 0 Å². The minimum atomic E-state index is -0.493. The molecule has 4 aromatic rings. The molecule has 1 amide bonds. The van der Waals surface area contributed by atoms with Crippen molar-refractivity contribution in [1.82, 2.24) is 19.5 Å². The number of fused-ring (bicyclic) bond motifs is 4. The topological polar surface area (TPSA) is 79.7 Å². The summed E-state index contributed by atoms with van der Waals surface area (Å²) in [7, 11) is 1.66. The van der Waals surface area contributed by atoms with E-state index in [9.17, 15) is 14.0 Å². The van der Waals surface area contributed by atoms with Gasteiger partial charge in [0.1, 0.15) is 5.82 Å². The Labute approximate surface area is 170 Å². The van der Waals surface area contributed by atoms with Crippen LogP contribution in [0.1, 0.15) is 33.4 Å². The number of halogens is 1. The number of hydrogen-bond acceptors (Lipinski definition) is 4. The molecule has 0 saturated carbocycles. The van der Waals surface area contributed by atoms with E-state index >= 15 is 0 Å². The highest BCUT2D eigenvalue weighted by atomic mass is 19.1. The maximum Gasteiger partial charge on any atom is 0.274 e. The predicted octanol–water partition coefficient (Wildman–Crippen LogP) is 2.97. The van der Waals surface area contributed by atoms with Gasteiger partial charge in [-0.05, 0) is 48.2 Å². The lowest BCUT2D eigenvalue weighted by Crippen LogP contribution is -2.37. The molecule has 1 N–H and O–H groups in total. The van der Waals surface area contributed by atoms with Gasteiger partial charge in [0, 0.05) is 29.9 Å². The molecule has 5 rings (SSSR count). The van der Waals surface area contributed by atoms with Crippen LogP contribution in [0.3, 0.4) is 0 Å². The fraction of sp³-hybridized carbons (Fsp3) is 0.227. The molecule has 8 heteroatoms. The summed E-state index contributed by atoms with van der Waals surface area (Å²) in [5.41, 5.74) is 2.46. The zero-order chi connectivity index (χ0) is 21.0. The van der Waals surface area contributed by atoms with Crippen molar-refractivity contribution in [3.05, 3.63) is 81.3 Å². The number of nitrogens with zero attached hydrogens (tertiary/aromatic N) is 3. The van der Waals surface area contributed by atoms with Crippen molar-refractivity contribution in [1.29, 1.82) is 0 Å². The van der Waals surface area contributed by atoms with Gasteiger partial charge in [-0.25, -0.2) is 8.91 Å². The normalized spacial score (nSPS) is 16.0. The fourth-order valence-corrected chi connectivity index (χ4v) is 4.05. The van der Waals surface area contributed by atoms with Gasteiger partial charge in [-0.15, -0.1) is 0 Å². The van der Waals surface area contributed by atoms with Crippen molar-refractivity contribution in [2.75, 3.05) is 13.7 Å². The van der Waals surface area contributed by atoms with Gasteiger partial charge in [0.15, 0.2) is 5.69 Å². The molecule has 1 aromatic carbocycles. The molecular weight excluding hydrogens is 387 g/mol. The number of H-pyrrole nitrogens is 1. The molecule has 1 unspecified atom stereocenters. The maximum atomic E-state index is 14.4. The first-order valence-electron chi connectivity index (χ1n) is 9.58. The summed E-state index contributed by atoms with van der Waals surface area (Å²) < 4.78 is 21.7. The van der Waals surface area contributed by atoms with Crippen molar-refractivity contribution in [2.24, 2.45) is 0 Å². The first-order chi connectivity index (χ1) is 14.4. The average Bonchev–Trinajstić information content (AvgIpc) is 3.18. The lowest BCUT2D eigenvalue weighted by molar-refractivity contribution is 0.0332. The van der Waals surface area contributed by atoms with Gasteiger partial charge >= 0.3 is 0 Å². The highest BCUT2D eigenvalue weighted by Gasteiger charge is 2.32. The van der Waals surface area contributed by atoms with E-state index in [4.69, 9.17) is 4.74 Å². The smallest absolute Gasteiger partial charge is 0.274 e. The summed E-state index contributed by atoms with van der Waals surface area (Å²) in [5, 5.41) is 5.25. The maximum absolute atomic E-state index is 14.4. The second-order valence-corrected chi connectivity index (χ2v) is 7.54. The summed E-state index contributed by atoms with van der Waals surface area (Å²) in [5.74, 6) is -0.679. The number of likely N-dealkylation sites (N-methyl/N-ethyl adjacent to an activating group) is 1. The van der Waals surface area contributed by atoms with Gasteiger partial charge in [-0.3, -0.25) is 9.59 Å². The molecule has 0 radical (unpaired) electrons. The molecule has 0 fully saturated rings. The Morgan fingerprint density at radius 2 is 2.13 bits per heavy atom. The van der Waals surface area contributed by atoms with E-state index in [0.29, 0.717) is 33.3 Å². The van der Waals surface area contributed by atoms with E-state index < -0.39 is 11.9 Å². The van der Waals surface area contributed by atoms with E-state index in [1.54, 1.807) is 36.8 Å². The number of aromatic amines is 1. The number of nitrogens with one attached hydrogen (secondary N) is 1. The molecule has 1 aliphatic heterocycles. The van der Waals surface area contributed by atoms with Crippen LogP contribution in [0, 0.1) is 12.7 Å². The van der Waals surface area contributed by atoms with Gasteiger partial charge in [0.25, 0.3) is 11.5 Å². The number of amides is 1. The van der Waals surface area contributed by atoms with E-state index in [0.717, 1.165) is 5.52 Å². The SMILES string of the molecule is Cc1cc2c(=O)[nH]c3c(c2cc1F)C(N(C)C(=O)c1cc2ccccn2n1)COC3. The average molecular weight is 406 g/mol. The van der Waals surface area contributed by atoms with Crippen molar-refractivity contribution in [3.8, 4) is 0 Å². The number of carbonyl (C=O) groups is 1. The number of rotatable bonds is 2. The van der Waals surface area contributed by atoms with E-state index in [1.807, 2.05) is 18.2 Å². The van der Waals surface area contributed by atoms with Crippen LogP contribution in [0.2, 0.25) is 0 Å². The van der Waals surface area contributed by atoms with Crippen molar-refractivity contribution in [2.45, 2.75) is 19.6 Å². The molecule has 152 valence electrons. The van der Waals surface area contributed by atoms with Gasteiger partial charge in [0.05, 0.1) is 24.8 Å². The van der Waals surface area contributed by atoms with Gasteiger partial charge in [-0.2, -0.15) is 5.10 Å². The lowest BCUT2D eigenvalue weighted by atomic mass is 9.94. The number of carbonyl (C=O) groups excluding carboxylic acids is 1. The first-order valence-corrected chi connectivity index (χ1v) is 9.58. The number of ether oxygens (including phenoxy) is 1. The summed E-state index contributed by atoms with van der Waals surface area (Å²) in [6.07, 6.45) is 1.77. The summed E-state index contributed by atoms with van der Waals surface area (Å²) >= 11 is 0. The van der Waals surface area contributed by atoms with Crippen molar-refractivity contribution < 1.29 is 13.9 Å². The van der Waals surface area contributed by atoms with Crippen LogP contribution >= 0.6 is 0 Å². The van der Waals surface area contributed by atoms with E-state index in [1.165, 1.54) is 11.0 Å². The first kappa shape index (κ1) is 18.5. The second kappa shape index (κ2) is 6.77. The van der Waals surface area contributed by atoms with Crippen LogP contribution in [0.4, 0.5) is 4.39 Å². The zero-order valence-electron chi connectivity index (χ0n) is 16.5. The highest BCUT2D eigenvalue weighted by Crippen LogP contribution is 2.34. The molecular formula is C22H19FN4O3. The minimum Gasteiger partial charge on any atom is -0.373 e. The van der Waals surface area contributed by atoms with Gasteiger partial charge < -0.3 is 14.6 Å². The third-order valence-electron chi connectivity index (χ3n) is 5.66. The predicted molar refractivity (Wildman–Crippen MR) is 109 cm³/mol. The Kier molecular flexibility index (Phi) is 4.18. The monoisotopic (exact) mass is 406 g/mol. The summed E-state index contributed by atoms with van der Waals surface area (Å²) in [6.45, 7) is 2.05. The number of aryl methyl sites for hydroxylation is 1. The third kappa shape index (κ3) is 2.80. The Bertz CT molecular complexity index is 1340. The van der Waals surface area contributed by atoms with E-state index in [2.05, 4.69) is 10.1 Å². The van der Waals surface area contributed by atoms with E-state index in [-0.39, 0.29) is 24.7 Å². The molecule has 4 heterocycles. The molecule has 0 aliphatic carbocycles. The van der Waals surface area contributed by atoms with Crippen LogP contribution in [-0.4, -0.2) is 39.1 Å². The zero-order valence-corrected chi connectivity index (χ0v) is 16.5. The van der Waals surface area contributed by atoms with Gasteiger partial charge in [0.2, 0.25) is 0 Å². The largest absolute Gasteiger partial charge is 0.373 e. The summed E-state index contributed by atoms with van der Waals surface area (Å²) in [6, 6.07) is 9.72. The van der Waals surface area contributed by atoms with Crippen LogP contribution < -0.4 is 5.56 Å². The Hall–Kier alpha value is -3.52. The lowest BCUT2D eigenvalue weighted by Gasteiger charge is -2.33. The molecule has 30 heavy (non-hydrogen) atoms. The fourth-order valence-electron chi connectivity index (χ4n) is 4.05. The molecule has 0 saturated heterocycles. The highest BCUT2D eigenvalue weighted by molar-refractivity contribution is 5.94. The second-order valence-electron chi connectivity index (χ2n) is 7.54. The molecule has 1 aliphatic rings. The molecule has 7 nitrogen and oxygen atoms in total. The Morgan fingerprint density at radius 3 is 2.93 bits per heavy atom. The van der Waals surface area contributed by atoms with Crippen LogP contribution in [0.25, 0.3) is 16.3 Å². The van der Waals surface area contributed by atoms with Gasteiger partial charge in [-0.1, -0.05) is 6.07 Å². The van der Waals surface area contributed by atoms with Crippen LogP contribution in [0.5, 0.6) is 0 Å². The van der Waals surface area contributed by atoms with Crippen molar-refractivity contribution >= 4 is 22.2 Å². The minimum absolute atomic E-state index is 0.197. The number of benzene rings is 1.